The van der Waals surface area contributed by atoms with E-state index in [4.69, 9.17) is 4.74 Å². The SMILES string of the molecule is CC(=O)Nc1ccc(CCC2(c3ccccc3)CC(=O)CC(=O)O2)cc1. The van der Waals surface area contributed by atoms with Crippen LogP contribution >= 0.6 is 0 Å². The predicted molar refractivity (Wildman–Crippen MR) is 97.5 cm³/mol. The highest BCUT2D eigenvalue weighted by Crippen LogP contribution is 2.38. The summed E-state index contributed by atoms with van der Waals surface area (Å²) in [7, 11) is 0. The monoisotopic (exact) mass is 351 g/mol. The topological polar surface area (TPSA) is 72.5 Å². The van der Waals surface area contributed by atoms with Crippen LogP contribution in [0.25, 0.3) is 0 Å². The fraction of sp³-hybridized carbons (Fsp3) is 0.286. The zero-order chi connectivity index (χ0) is 18.6. The number of ether oxygens (including phenoxy) is 1. The van der Waals surface area contributed by atoms with Gasteiger partial charge in [0.1, 0.15) is 17.8 Å². The molecule has 1 unspecified atom stereocenters. The van der Waals surface area contributed by atoms with Crippen LogP contribution in [0, 0.1) is 0 Å². The molecule has 0 bridgehead atoms. The summed E-state index contributed by atoms with van der Waals surface area (Å²) in [5.74, 6) is -0.675. The number of Topliss-reactive ketones (excluding diaryl/α,β-unsaturated/α-hetero) is 1. The Balaban J connectivity index is 1.79. The molecule has 0 aliphatic carbocycles. The number of hydrogen-bond donors (Lipinski definition) is 1. The zero-order valence-corrected chi connectivity index (χ0v) is 14.7. The molecule has 5 nitrogen and oxygen atoms in total. The summed E-state index contributed by atoms with van der Waals surface area (Å²) in [6.07, 6.45) is 1.22. The molecule has 1 N–H and O–H groups in total. The Morgan fingerprint density at radius 1 is 1.08 bits per heavy atom. The molecule has 0 saturated carbocycles. The van der Waals surface area contributed by atoms with Crippen molar-refractivity contribution in [3.8, 4) is 0 Å². The lowest BCUT2D eigenvalue weighted by atomic mass is 9.81. The van der Waals surface area contributed by atoms with Crippen LogP contribution in [0.1, 0.15) is 37.3 Å². The average molecular weight is 351 g/mol. The molecule has 1 atom stereocenters. The maximum Gasteiger partial charge on any atom is 0.314 e. The quantitative estimate of drug-likeness (QED) is 0.662. The van der Waals surface area contributed by atoms with Gasteiger partial charge in [-0.15, -0.1) is 0 Å². The third kappa shape index (κ3) is 4.17. The molecule has 1 aliphatic heterocycles. The number of benzene rings is 2. The first-order valence-corrected chi connectivity index (χ1v) is 8.62. The summed E-state index contributed by atoms with van der Waals surface area (Å²) in [5.41, 5.74) is 1.71. The normalized spacial score (nSPS) is 19.7. The Hall–Kier alpha value is -2.95. The van der Waals surface area contributed by atoms with Crippen LogP contribution in [0.4, 0.5) is 5.69 Å². The summed E-state index contributed by atoms with van der Waals surface area (Å²) in [4.78, 5) is 35.1. The number of carbonyl (C=O) groups excluding carboxylic acids is 3. The second-order valence-electron chi connectivity index (χ2n) is 6.60. The van der Waals surface area contributed by atoms with Crippen LogP contribution in [0.5, 0.6) is 0 Å². The number of aryl methyl sites for hydroxylation is 1. The van der Waals surface area contributed by atoms with Crippen molar-refractivity contribution in [2.45, 2.75) is 38.2 Å². The van der Waals surface area contributed by atoms with Crippen LogP contribution in [0.15, 0.2) is 54.6 Å². The zero-order valence-electron chi connectivity index (χ0n) is 14.7. The van der Waals surface area contributed by atoms with Gasteiger partial charge in [0, 0.05) is 12.6 Å². The van der Waals surface area contributed by atoms with Crippen molar-refractivity contribution in [3.05, 3.63) is 65.7 Å². The molecular formula is C21H21NO4. The van der Waals surface area contributed by atoms with E-state index in [2.05, 4.69) is 5.32 Å². The number of ketones is 1. The standard InChI is InChI=1S/C21H21NO4/c1-15(23)22-18-9-7-16(8-10-18)11-12-21(17-5-3-2-4-6-17)14-19(24)13-20(25)26-21/h2-10H,11-14H2,1H3,(H,22,23). The summed E-state index contributed by atoms with van der Waals surface area (Å²) in [6.45, 7) is 1.46. The lowest BCUT2D eigenvalue weighted by Gasteiger charge is -2.36. The van der Waals surface area contributed by atoms with E-state index in [0.29, 0.717) is 12.8 Å². The van der Waals surface area contributed by atoms with Gasteiger partial charge in [-0.05, 0) is 36.1 Å². The van der Waals surface area contributed by atoms with Gasteiger partial charge in [-0.1, -0.05) is 42.5 Å². The molecular weight excluding hydrogens is 330 g/mol. The van der Waals surface area contributed by atoms with Crippen LogP contribution in [-0.2, 0) is 31.1 Å². The highest BCUT2D eigenvalue weighted by Gasteiger charge is 2.42. The molecule has 0 spiro atoms. The first-order chi connectivity index (χ1) is 12.5. The van der Waals surface area contributed by atoms with Gasteiger partial charge >= 0.3 is 5.97 Å². The molecule has 26 heavy (non-hydrogen) atoms. The maximum absolute atomic E-state index is 12.1. The summed E-state index contributed by atoms with van der Waals surface area (Å²) >= 11 is 0. The van der Waals surface area contributed by atoms with E-state index in [-0.39, 0.29) is 24.5 Å². The number of amides is 1. The van der Waals surface area contributed by atoms with Crippen molar-refractivity contribution in [2.24, 2.45) is 0 Å². The lowest BCUT2D eigenvalue weighted by Crippen LogP contribution is -2.40. The summed E-state index contributed by atoms with van der Waals surface area (Å²) in [5, 5.41) is 2.73. The molecule has 1 fully saturated rings. The minimum Gasteiger partial charge on any atom is -0.453 e. The van der Waals surface area contributed by atoms with Crippen LogP contribution in [0.2, 0.25) is 0 Å². The van der Waals surface area contributed by atoms with E-state index < -0.39 is 11.6 Å². The largest absolute Gasteiger partial charge is 0.453 e. The second kappa shape index (κ2) is 7.52. The third-order valence-electron chi connectivity index (χ3n) is 4.53. The van der Waals surface area contributed by atoms with Crippen LogP contribution in [-0.4, -0.2) is 17.7 Å². The van der Waals surface area contributed by atoms with Gasteiger partial charge < -0.3 is 10.1 Å². The predicted octanol–water partition coefficient (Wildman–Crippen LogP) is 3.38. The Morgan fingerprint density at radius 2 is 1.77 bits per heavy atom. The van der Waals surface area contributed by atoms with Crippen molar-refractivity contribution in [3.63, 3.8) is 0 Å². The molecule has 3 rings (SSSR count). The number of carbonyl (C=O) groups is 3. The third-order valence-corrected chi connectivity index (χ3v) is 4.53. The van der Waals surface area contributed by atoms with Crippen LogP contribution < -0.4 is 5.32 Å². The maximum atomic E-state index is 12.1. The molecule has 1 amide bonds. The molecule has 1 saturated heterocycles. The smallest absolute Gasteiger partial charge is 0.314 e. The number of cyclic esters (lactones) is 1. The van der Waals surface area contributed by atoms with E-state index in [1.165, 1.54) is 6.92 Å². The summed E-state index contributed by atoms with van der Waals surface area (Å²) in [6, 6.07) is 17.0. The van der Waals surface area contributed by atoms with Crippen LogP contribution in [0.3, 0.4) is 0 Å². The molecule has 2 aromatic carbocycles. The van der Waals surface area contributed by atoms with E-state index in [1.54, 1.807) is 0 Å². The molecule has 1 aliphatic rings. The molecule has 1 heterocycles. The van der Waals surface area contributed by atoms with Crippen molar-refractivity contribution < 1.29 is 19.1 Å². The Morgan fingerprint density at radius 3 is 2.38 bits per heavy atom. The number of rotatable bonds is 5. The molecule has 2 aromatic rings. The highest BCUT2D eigenvalue weighted by atomic mass is 16.6. The fourth-order valence-electron chi connectivity index (χ4n) is 3.32. The number of hydrogen-bond acceptors (Lipinski definition) is 4. The second-order valence-corrected chi connectivity index (χ2v) is 6.60. The van der Waals surface area contributed by atoms with Crippen molar-refractivity contribution in [1.82, 2.24) is 0 Å². The van der Waals surface area contributed by atoms with Crippen molar-refractivity contribution >= 4 is 23.3 Å². The Kier molecular flexibility index (Phi) is 5.16. The van der Waals surface area contributed by atoms with Crippen molar-refractivity contribution in [2.75, 3.05) is 5.32 Å². The van der Waals surface area contributed by atoms with E-state index in [0.717, 1.165) is 16.8 Å². The van der Waals surface area contributed by atoms with Gasteiger partial charge in [-0.2, -0.15) is 0 Å². The van der Waals surface area contributed by atoms with Crippen molar-refractivity contribution in [1.29, 1.82) is 0 Å². The fourth-order valence-corrected chi connectivity index (χ4v) is 3.32. The van der Waals surface area contributed by atoms with Gasteiger partial charge in [0.05, 0.1) is 6.42 Å². The minimum atomic E-state index is -0.913. The first kappa shape index (κ1) is 17.9. The number of nitrogens with one attached hydrogen (secondary N) is 1. The molecule has 0 aromatic heterocycles. The highest BCUT2D eigenvalue weighted by molar-refractivity contribution is 5.98. The Labute approximate surface area is 152 Å². The lowest BCUT2D eigenvalue weighted by molar-refractivity contribution is -0.172. The summed E-state index contributed by atoms with van der Waals surface area (Å²) < 4.78 is 5.71. The number of esters is 1. The molecule has 0 radical (unpaired) electrons. The van der Waals surface area contributed by atoms with Gasteiger partial charge in [0.15, 0.2) is 0 Å². The average Bonchev–Trinajstić information content (AvgIpc) is 2.61. The van der Waals surface area contributed by atoms with E-state index in [1.807, 2.05) is 54.6 Å². The van der Waals surface area contributed by atoms with Gasteiger partial charge in [-0.3, -0.25) is 14.4 Å². The Bertz CT molecular complexity index is 796. The number of anilines is 1. The molecule has 134 valence electrons. The molecule has 5 heteroatoms. The van der Waals surface area contributed by atoms with E-state index in [9.17, 15) is 14.4 Å². The van der Waals surface area contributed by atoms with E-state index >= 15 is 0 Å². The van der Waals surface area contributed by atoms with Gasteiger partial charge in [0.25, 0.3) is 0 Å². The first-order valence-electron chi connectivity index (χ1n) is 8.62. The van der Waals surface area contributed by atoms with Gasteiger partial charge in [0.2, 0.25) is 5.91 Å². The minimum absolute atomic E-state index is 0.0916. The van der Waals surface area contributed by atoms with Gasteiger partial charge in [-0.25, -0.2) is 0 Å².